The zero-order chi connectivity index (χ0) is 20.9. The Balaban J connectivity index is 2.48. The van der Waals surface area contributed by atoms with E-state index in [9.17, 15) is 23.3 Å². The van der Waals surface area contributed by atoms with Crippen molar-refractivity contribution < 1.29 is 23.0 Å². The molecule has 11 heteroatoms. The first-order valence-corrected chi connectivity index (χ1v) is 9.87. The number of para-hydroxylation sites is 1. The molecule has 2 aromatic rings. The van der Waals surface area contributed by atoms with Gasteiger partial charge < -0.3 is 0 Å². The lowest BCUT2D eigenvalue weighted by atomic mass is 10.0. The number of nitrogens with zero attached hydrogens (tertiary/aromatic N) is 2. The largest absolute Gasteiger partial charge is 0.289 e. The molecule has 0 spiro atoms. The van der Waals surface area contributed by atoms with Gasteiger partial charge in [0.1, 0.15) is 5.38 Å². The van der Waals surface area contributed by atoms with Gasteiger partial charge in [0.2, 0.25) is 10.0 Å². The molecule has 1 amide bonds. The number of sulfonamides is 1. The van der Waals surface area contributed by atoms with Crippen molar-refractivity contribution in [2.24, 2.45) is 0 Å². The van der Waals surface area contributed by atoms with E-state index in [-0.39, 0.29) is 0 Å². The van der Waals surface area contributed by atoms with Crippen molar-refractivity contribution >= 4 is 33.2 Å². The van der Waals surface area contributed by atoms with Crippen LogP contribution in [0.4, 0.5) is 5.69 Å². The molecule has 0 aliphatic heterocycles. The van der Waals surface area contributed by atoms with Crippen LogP contribution in [0.2, 0.25) is 0 Å². The summed E-state index contributed by atoms with van der Waals surface area (Å²) in [5.41, 5.74) is -0.184. The summed E-state index contributed by atoms with van der Waals surface area (Å²) in [5, 5.41) is 10.7. The predicted molar refractivity (Wildman–Crippen MR) is 102 cm³/mol. The smallest absolute Gasteiger partial charge is 0.275 e. The van der Waals surface area contributed by atoms with Crippen LogP contribution >= 0.6 is 11.6 Å². The number of rotatable bonds is 8. The number of carbonyl (C=O) groups is 1. The Morgan fingerprint density at radius 1 is 1.18 bits per heavy atom. The van der Waals surface area contributed by atoms with Crippen molar-refractivity contribution in [1.82, 2.24) is 9.79 Å². The van der Waals surface area contributed by atoms with Crippen LogP contribution in [-0.2, 0) is 19.7 Å². The minimum Gasteiger partial charge on any atom is -0.275 e. The van der Waals surface area contributed by atoms with Crippen LogP contribution in [0.1, 0.15) is 11.6 Å². The molecule has 0 aliphatic carbocycles. The number of carbonyl (C=O) groups excluding carboxylic acids is 1. The van der Waals surface area contributed by atoms with Crippen molar-refractivity contribution in [2.75, 3.05) is 14.2 Å². The maximum atomic E-state index is 12.9. The van der Waals surface area contributed by atoms with Gasteiger partial charge in [0.25, 0.3) is 11.6 Å². The van der Waals surface area contributed by atoms with Crippen molar-refractivity contribution in [3.8, 4) is 0 Å². The molecular weight excluding hydrogens is 410 g/mol. The van der Waals surface area contributed by atoms with E-state index in [4.69, 9.17) is 16.4 Å². The molecular formula is C17H18ClN3O6S. The highest BCUT2D eigenvalue weighted by molar-refractivity contribution is 7.89. The molecule has 2 aromatic carbocycles. The summed E-state index contributed by atoms with van der Waals surface area (Å²) in [7, 11) is -1.79. The summed E-state index contributed by atoms with van der Waals surface area (Å²) in [5.74, 6) is -0.691. The quantitative estimate of drug-likeness (QED) is 0.392. The number of alkyl halides is 1. The summed E-state index contributed by atoms with van der Waals surface area (Å²) in [4.78, 5) is 27.1. The van der Waals surface area contributed by atoms with Crippen LogP contribution in [0.5, 0.6) is 0 Å². The second-order valence-corrected chi connectivity index (χ2v) is 7.81. The lowest BCUT2D eigenvalue weighted by Gasteiger charge is -2.26. The Morgan fingerprint density at radius 3 is 2.32 bits per heavy atom. The van der Waals surface area contributed by atoms with Crippen molar-refractivity contribution in [2.45, 2.75) is 16.3 Å². The maximum absolute atomic E-state index is 12.9. The fourth-order valence-electron chi connectivity index (χ4n) is 2.43. The molecule has 0 unspecified atom stereocenters. The Hall–Kier alpha value is -2.53. The van der Waals surface area contributed by atoms with Gasteiger partial charge in [-0.05, 0) is 11.6 Å². The molecule has 9 nitrogen and oxygen atoms in total. The minimum atomic E-state index is -4.38. The van der Waals surface area contributed by atoms with E-state index < -0.39 is 42.9 Å². The standard InChI is InChI=1S/C17H18ClN3O6S/c1-20(27-2)17(22)15(18)16(12-8-4-3-5-9-12)19-28(25,26)14-11-7-6-10-13(14)21(23)24/h3-11,15-16,19H,1-2H3/t15-,16-/m1/s1. The monoisotopic (exact) mass is 427 g/mol. The van der Waals surface area contributed by atoms with E-state index in [2.05, 4.69) is 4.72 Å². The van der Waals surface area contributed by atoms with Crippen LogP contribution < -0.4 is 4.72 Å². The molecule has 28 heavy (non-hydrogen) atoms. The van der Waals surface area contributed by atoms with Gasteiger partial charge in [-0.3, -0.25) is 19.7 Å². The minimum absolute atomic E-state index is 0.405. The third kappa shape index (κ3) is 4.84. The molecule has 0 aromatic heterocycles. The molecule has 0 radical (unpaired) electrons. The average molecular weight is 428 g/mol. The van der Waals surface area contributed by atoms with Crippen LogP contribution in [-0.4, -0.2) is 43.8 Å². The summed E-state index contributed by atoms with van der Waals surface area (Å²) < 4.78 is 28.1. The first-order chi connectivity index (χ1) is 13.2. The maximum Gasteiger partial charge on any atom is 0.289 e. The highest BCUT2D eigenvalue weighted by atomic mass is 35.5. The van der Waals surface area contributed by atoms with Crippen molar-refractivity contribution in [1.29, 1.82) is 0 Å². The second kappa shape index (κ2) is 9.11. The number of nitro groups is 1. The lowest BCUT2D eigenvalue weighted by Crippen LogP contribution is -2.42. The van der Waals surface area contributed by atoms with E-state index >= 15 is 0 Å². The van der Waals surface area contributed by atoms with Crippen LogP contribution in [0.15, 0.2) is 59.5 Å². The van der Waals surface area contributed by atoms with Crippen molar-refractivity contribution in [3.05, 3.63) is 70.3 Å². The molecule has 0 saturated heterocycles. The van der Waals surface area contributed by atoms with Crippen LogP contribution in [0.25, 0.3) is 0 Å². The van der Waals surface area contributed by atoms with Gasteiger partial charge in [0.05, 0.1) is 18.1 Å². The highest BCUT2D eigenvalue weighted by Gasteiger charge is 2.35. The number of halogens is 1. The van der Waals surface area contributed by atoms with Gasteiger partial charge in [-0.1, -0.05) is 42.5 Å². The number of benzene rings is 2. The molecule has 2 rings (SSSR count). The number of hydrogen-bond acceptors (Lipinski definition) is 6. The van der Waals surface area contributed by atoms with E-state index in [1.165, 1.54) is 26.3 Å². The molecule has 0 fully saturated rings. The van der Waals surface area contributed by atoms with Gasteiger partial charge in [0.15, 0.2) is 4.90 Å². The SMILES string of the molecule is CON(C)C(=O)[C@H](Cl)[C@H](NS(=O)(=O)c1ccccc1[N+](=O)[O-])c1ccccc1. The number of hydroxylamine groups is 2. The lowest BCUT2D eigenvalue weighted by molar-refractivity contribution is -0.387. The number of amides is 1. The Labute approximate surface area is 167 Å². The molecule has 150 valence electrons. The van der Waals surface area contributed by atoms with Gasteiger partial charge in [0, 0.05) is 13.1 Å². The number of nitrogens with one attached hydrogen (secondary N) is 1. The first-order valence-electron chi connectivity index (χ1n) is 7.95. The number of hydrogen-bond donors (Lipinski definition) is 1. The molecule has 0 aliphatic rings. The summed E-state index contributed by atoms with van der Waals surface area (Å²) in [6.07, 6.45) is 0. The zero-order valence-electron chi connectivity index (χ0n) is 15.0. The van der Waals surface area contributed by atoms with E-state index in [1.807, 2.05) is 0 Å². The average Bonchev–Trinajstić information content (AvgIpc) is 2.71. The third-order valence-corrected chi connectivity index (χ3v) is 5.83. The van der Waals surface area contributed by atoms with Crippen molar-refractivity contribution in [3.63, 3.8) is 0 Å². The highest BCUT2D eigenvalue weighted by Crippen LogP contribution is 2.28. The fourth-order valence-corrected chi connectivity index (χ4v) is 4.26. The fraction of sp³-hybridized carbons (Fsp3) is 0.235. The van der Waals surface area contributed by atoms with Gasteiger partial charge in [-0.15, -0.1) is 11.6 Å². The van der Waals surface area contributed by atoms with E-state index in [0.29, 0.717) is 5.56 Å². The Bertz CT molecular complexity index is 954. The molecule has 2 atom stereocenters. The molecule has 1 N–H and O–H groups in total. The Kier molecular flexibility index (Phi) is 7.08. The van der Waals surface area contributed by atoms with E-state index in [1.54, 1.807) is 30.3 Å². The predicted octanol–water partition coefficient (Wildman–Crippen LogP) is 2.24. The molecule has 0 heterocycles. The zero-order valence-corrected chi connectivity index (χ0v) is 16.6. The number of nitro benzene ring substituents is 1. The first kappa shape index (κ1) is 21.8. The second-order valence-electron chi connectivity index (χ2n) is 5.65. The van der Waals surface area contributed by atoms with Crippen LogP contribution in [0.3, 0.4) is 0 Å². The van der Waals surface area contributed by atoms with E-state index in [0.717, 1.165) is 17.2 Å². The summed E-state index contributed by atoms with van der Waals surface area (Å²) in [6, 6.07) is 11.9. The molecule has 0 bridgehead atoms. The van der Waals surface area contributed by atoms with Gasteiger partial charge in [-0.2, -0.15) is 0 Å². The van der Waals surface area contributed by atoms with Crippen LogP contribution in [0, 0.1) is 10.1 Å². The Morgan fingerprint density at radius 2 is 1.75 bits per heavy atom. The normalized spacial score (nSPS) is 13.5. The van der Waals surface area contributed by atoms with Gasteiger partial charge in [-0.25, -0.2) is 18.2 Å². The van der Waals surface area contributed by atoms with Gasteiger partial charge >= 0.3 is 0 Å². The summed E-state index contributed by atoms with van der Waals surface area (Å²) in [6.45, 7) is 0. The summed E-state index contributed by atoms with van der Waals surface area (Å²) >= 11 is 6.27. The molecule has 0 saturated carbocycles. The topological polar surface area (TPSA) is 119 Å². The third-order valence-electron chi connectivity index (χ3n) is 3.91.